The molecule has 0 amide bonds. The number of carbonyl (C=O) groups excluding carboxylic acids is 3. The molecule has 0 aliphatic rings. The lowest BCUT2D eigenvalue weighted by molar-refractivity contribution is -0.167. The van der Waals surface area contributed by atoms with E-state index in [0.717, 1.165) is 77.0 Å². The van der Waals surface area contributed by atoms with Crippen LogP contribution in [0.1, 0.15) is 400 Å². The molecule has 0 spiro atoms. The molecule has 0 aromatic rings. The Bertz CT molecular complexity index is 1340. The number of rotatable bonds is 67. The summed E-state index contributed by atoms with van der Waals surface area (Å²) in [4.78, 5) is 38.5. The van der Waals surface area contributed by atoms with Crippen LogP contribution < -0.4 is 0 Å². The molecule has 6 heteroatoms. The van der Waals surface area contributed by atoms with Gasteiger partial charge >= 0.3 is 17.9 Å². The Hall–Kier alpha value is -2.37. The van der Waals surface area contributed by atoms with Gasteiger partial charge in [0.1, 0.15) is 13.2 Å². The number of esters is 3. The van der Waals surface area contributed by atoms with E-state index in [4.69, 9.17) is 14.2 Å². The van der Waals surface area contributed by atoms with Gasteiger partial charge in [-0.05, 0) is 57.8 Å². The van der Waals surface area contributed by atoms with Crippen LogP contribution in [0.4, 0.5) is 0 Å². The molecule has 0 aromatic carbocycles. The molecule has 0 N–H and O–H groups in total. The average molecular weight is 1120 g/mol. The minimum atomic E-state index is -0.773. The molecule has 1 atom stereocenters. The largest absolute Gasteiger partial charge is 0.462 e. The monoisotopic (exact) mass is 1120 g/mol. The molecule has 0 rings (SSSR count). The zero-order chi connectivity index (χ0) is 57.8. The lowest BCUT2D eigenvalue weighted by Gasteiger charge is -2.18. The van der Waals surface area contributed by atoms with Gasteiger partial charge in [0.05, 0.1) is 0 Å². The summed E-state index contributed by atoms with van der Waals surface area (Å²) >= 11 is 0. The van der Waals surface area contributed by atoms with Crippen LogP contribution >= 0.6 is 0 Å². The molecule has 0 saturated heterocycles. The van der Waals surface area contributed by atoms with E-state index in [-0.39, 0.29) is 31.1 Å². The summed E-state index contributed by atoms with van der Waals surface area (Å²) in [5.41, 5.74) is 0. The smallest absolute Gasteiger partial charge is 0.306 e. The summed E-state index contributed by atoms with van der Waals surface area (Å²) in [5.74, 6) is -0.842. The Morgan fingerprint density at radius 3 is 0.700 bits per heavy atom. The van der Waals surface area contributed by atoms with Gasteiger partial charge in [-0.25, -0.2) is 0 Å². The molecule has 0 aliphatic carbocycles. The molecule has 1 unspecified atom stereocenters. The molecule has 0 aromatic heterocycles. The fourth-order valence-corrected chi connectivity index (χ4v) is 11.0. The maximum Gasteiger partial charge on any atom is 0.306 e. The third kappa shape index (κ3) is 66.4. The van der Waals surface area contributed by atoms with Gasteiger partial charge in [-0.2, -0.15) is 0 Å². The van der Waals surface area contributed by atoms with Gasteiger partial charge in [-0.1, -0.05) is 359 Å². The Labute approximate surface area is 499 Å². The van der Waals surface area contributed by atoms with Crippen LogP contribution in [0.15, 0.2) is 36.5 Å². The van der Waals surface area contributed by atoms with E-state index in [1.165, 1.54) is 283 Å². The van der Waals surface area contributed by atoms with Gasteiger partial charge in [-0.3, -0.25) is 14.4 Å². The SMILES string of the molecule is CCCCCCC/C=C\C/C=C\C/C=C\CCCCCCCCCCC(=O)OCC(COC(=O)CCCCCCCCCCCCCCCCCCCCC)OC(=O)CCCCCCCCCCCCCCCCCCCCCC. The zero-order valence-electron chi connectivity index (χ0n) is 54.1. The molecule has 0 radical (unpaired) electrons. The second-order valence-corrected chi connectivity index (χ2v) is 24.5. The van der Waals surface area contributed by atoms with Crippen molar-refractivity contribution in [1.82, 2.24) is 0 Å². The van der Waals surface area contributed by atoms with E-state index in [9.17, 15) is 14.4 Å². The zero-order valence-corrected chi connectivity index (χ0v) is 54.1. The van der Waals surface area contributed by atoms with Crippen LogP contribution in [0.3, 0.4) is 0 Å². The van der Waals surface area contributed by atoms with Crippen LogP contribution in [0.5, 0.6) is 0 Å². The van der Waals surface area contributed by atoms with Gasteiger partial charge in [0.25, 0.3) is 0 Å². The maximum absolute atomic E-state index is 13.0. The van der Waals surface area contributed by atoms with E-state index >= 15 is 0 Å². The summed E-state index contributed by atoms with van der Waals surface area (Å²) in [6, 6.07) is 0. The lowest BCUT2D eigenvalue weighted by atomic mass is 10.0. The number of hydrogen-bond donors (Lipinski definition) is 0. The first kappa shape index (κ1) is 77.6. The first-order valence-electron chi connectivity index (χ1n) is 36.0. The summed E-state index contributed by atoms with van der Waals surface area (Å²) < 4.78 is 17.0. The van der Waals surface area contributed by atoms with Gasteiger partial charge in [0, 0.05) is 19.3 Å². The van der Waals surface area contributed by atoms with Crippen molar-refractivity contribution < 1.29 is 28.6 Å². The second-order valence-electron chi connectivity index (χ2n) is 24.5. The number of carbonyl (C=O) groups is 3. The average Bonchev–Trinajstić information content (AvgIpc) is 3.46. The van der Waals surface area contributed by atoms with Gasteiger partial charge in [-0.15, -0.1) is 0 Å². The predicted molar refractivity (Wildman–Crippen MR) is 349 cm³/mol. The molecule has 6 nitrogen and oxygen atoms in total. The van der Waals surface area contributed by atoms with Crippen LogP contribution in [-0.4, -0.2) is 37.2 Å². The number of unbranched alkanes of at least 4 members (excludes halogenated alkanes) is 50. The van der Waals surface area contributed by atoms with Crippen molar-refractivity contribution in [2.75, 3.05) is 13.2 Å². The fourth-order valence-electron chi connectivity index (χ4n) is 11.0. The Balaban J connectivity index is 4.32. The van der Waals surface area contributed by atoms with Crippen molar-refractivity contribution in [3.05, 3.63) is 36.5 Å². The van der Waals surface area contributed by atoms with E-state index in [1.54, 1.807) is 0 Å². The minimum Gasteiger partial charge on any atom is -0.462 e. The lowest BCUT2D eigenvalue weighted by Crippen LogP contribution is -2.30. The fraction of sp³-hybridized carbons (Fsp3) is 0.878. The third-order valence-corrected chi connectivity index (χ3v) is 16.4. The minimum absolute atomic E-state index is 0.0681. The Morgan fingerprint density at radius 2 is 0.450 bits per heavy atom. The normalized spacial score (nSPS) is 12.2. The van der Waals surface area contributed by atoms with E-state index in [1.807, 2.05) is 0 Å². The number of hydrogen-bond acceptors (Lipinski definition) is 6. The first-order valence-corrected chi connectivity index (χ1v) is 36.0. The molecule has 470 valence electrons. The van der Waals surface area contributed by atoms with Crippen molar-refractivity contribution >= 4 is 17.9 Å². The molecular formula is C74H138O6. The van der Waals surface area contributed by atoms with Crippen molar-refractivity contribution in [3.63, 3.8) is 0 Å². The highest BCUT2D eigenvalue weighted by atomic mass is 16.6. The summed E-state index contributed by atoms with van der Waals surface area (Å²) in [5, 5.41) is 0. The van der Waals surface area contributed by atoms with Crippen LogP contribution in [0.25, 0.3) is 0 Å². The number of ether oxygens (including phenoxy) is 3. The third-order valence-electron chi connectivity index (χ3n) is 16.4. The highest BCUT2D eigenvalue weighted by molar-refractivity contribution is 5.71. The van der Waals surface area contributed by atoms with E-state index in [2.05, 4.69) is 57.2 Å². The number of allylic oxidation sites excluding steroid dienone is 6. The summed E-state index contributed by atoms with van der Waals surface area (Å²) in [7, 11) is 0. The second kappa shape index (κ2) is 69.1. The van der Waals surface area contributed by atoms with Crippen LogP contribution in [0.2, 0.25) is 0 Å². The van der Waals surface area contributed by atoms with Crippen molar-refractivity contribution in [2.24, 2.45) is 0 Å². The summed E-state index contributed by atoms with van der Waals surface area (Å²) in [6.07, 6.45) is 85.9. The molecule has 0 heterocycles. The quantitative estimate of drug-likeness (QED) is 0.0261. The Morgan fingerprint density at radius 1 is 0.250 bits per heavy atom. The van der Waals surface area contributed by atoms with E-state index in [0.29, 0.717) is 19.3 Å². The maximum atomic E-state index is 13.0. The van der Waals surface area contributed by atoms with Crippen molar-refractivity contribution in [2.45, 2.75) is 406 Å². The van der Waals surface area contributed by atoms with Gasteiger partial charge < -0.3 is 14.2 Å². The van der Waals surface area contributed by atoms with Gasteiger partial charge in [0.15, 0.2) is 6.10 Å². The predicted octanol–water partition coefficient (Wildman–Crippen LogP) is 24.7. The molecular weight excluding hydrogens is 985 g/mol. The van der Waals surface area contributed by atoms with E-state index < -0.39 is 6.10 Å². The highest BCUT2D eigenvalue weighted by Crippen LogP contribution is 2.19. The standard InChI is InChI=1S/C74H138O6/c1-4-7-10-13-16-19-22-25-28-31-34-36-37-38-41-43-46-49-52-55-58-61-64-67-73(76)79-70-71(69-78-72(75)66-63-60-57-54-51-48-45-42-39-33-30-27-24-21-18-15-12-9-6-3)80-74(77)68-65-62-59-56-53-50-47-44-40-35-32-29-26-23-20-17-14-11-8-5-2/h22,25,31,34,37-38,71H,4-21,23-24,26-30,32-33,35-36,39-70H2,1-3H3/b25-22-,34-31-,38-37-. The van der Waals surface area contributed by atoms with Crippen LogP contribution in [-0.2, 0) is 28.6 Å². The molecule has 0 aliphatic heterocycles. The highest BCUT2D eigenvalue weighted by Gasteiger charge is 2.19. The molecule has 0 bridgehead atoms. The first-order chi connectivity index (χ1) is 39.5. The molecule has 80 heavy (non-hydrogen) atoms. The Kier molecular flexibility index (Phi) is 67.1. The molecule has 0 fully saturated rings. The van der Waals surface area contributed by atoms with Crippen molar-refractivity contribution in [3.8, 4) is 0 Å². The van der Waals surface area contributed by atoms with Gasteiger partial charge in [0.2, 0.25) is 0 Å². The molecule has 0 saturated carbocycles. The van der Waals surface area contributed by atoms with Crippen molar-refractivity contribution in [1.29, 1.82) is 0 Å². The summed E-state index contributed by atoms with van der Waals surface area (Å²) in [6.45, 7) is 6.71. The van der Waals surface area contributed by atoms with Crippen LogP contribution in [0, 0.1) is 0 Å². The topological polar surface area (TPSA) is 78.9 Å².